The Morgan fingerprint density at radius 1 is 1.17 bits per heavy atom. The van der Waals surface area contributed by atoms with Gasteiger partial charge in [-0.1, -0.05) is 6.92 Å². The molecule has 1 aromatic rings. The molecule has 1 atom stereocenters. The number of nitrogens with zero attached hydrogens (tertiary/aromatic N) is 1. The second-order valence-electron chi connectivity index (χ2n) is 3.68. The third kappa shape index (κ3) is 4.16. The summed E-state index contributed by atoms with van der Waals surface area (Å²) in [6.45, 7) is 3.84. The van der Waals surface area contributed by atoms with Gasteiger partial charge in [0.05, 0.1) is 6.61 Å². The van der Waals surface area contributed by atoms with Crippen LogP contribution in [-0.4, -0.2) is 23.5 Å². The van der Waals surface area contributed by atoms with Crippen LogP contribution in [0.3, 0.4) is 0 Å². The van der Waals surface area contributed by atoms with Crippen molar-refractivity contribution in [3.05, 3.63) is 30.1 Å². The molecular formula is C13H17NO4. The molecule has 0 fully saturated rings. The van der Waals surface area contributed by atoms with Crippen LogP contribution in [0, 0.1) is 5.92 Å². The average molecular weight is 251 g/mol. The first-order chi connectivity index (χ1) is 8.69. The van der Waals surface area contributed by atoms with E-state index in [9.17, 15) is 9.59 Å². The van der Waals surface area contributed by atoms with Crippen LogP contribution in [0.15, 0.2) is 24.5 Å². The van der Waals surface area contributed by atoms with Crippen LogP contribution in [0.25, 0.3) is 0 Å². The molecule has 0 aromatic carbocycles. The van der Waals surface area contributed by atoms with E-state index in [1.165, 1.54) is 0 Å². The number of esters is 2. The van der Waals surface area contributed by atoms with Crippen LogP contribution < -0.4 is 0 Å². The van der Waals surface area contributed by atoms with E-state index >= 15 is 0 Å². The summed E-state index contributed by atoms with van der Waals surface area (Å²) >= 11 is 0. The third-order valence-corrected chi connectivity index (χ3v) is 2.39. The van der Waals surface area contributed by atoms with Gasteiger partial charge in [-0.2, -0.15) is 0 Å². The SMILES string of the molecule is CCOC(=O)C(CC)C(=O)OCc1ccncc1. The van der Waals surface area contributed by atoms with E-state index in [0.717, 1.165) is 5.56 Å². The summed E-state index contributed by atoms with van der Waals surface area (Å²) in [5.41, 5.74) is 0.831. The van der Waals surface area contributed by atoms with Gasteiger partial charge in [0.1, 0.15) is 6.61 Å². The highest BCUT2D eigenvalue weighted by molar-refractivity contribution is 5.94. The van der Waals surface area contributed by atoms with E-state index in [4.69, 9.17) is 9.47 Å². The number of rotatable bonds is 6. The van der Waals surface area contributed by atoms with Gasteiger partial charge >= 0.3 is 11.9 Å². The Morgan fingerprint density at radius 2 is 1.78 bits per heavy atom. The van der Waals surface area contributed by atoms with Crippen molar-refractivity contribution in [2.45, 2.75) is 26.9 Å². The average Bonchev–Trinajstić information content (AvgIpc) is 2.39. The number of aromatic nitrogens is 1. The Bertz CT molecular complexity index is 391. The molecule has 0 radical (unpaired) electrons. The molecule has 1 heterocycles. The zero-order valence-corrected chi connectivity index (χ0v) is 10.6. The normalized spacial score (nSPS) is 11.7. The van der Waals surface area contributed by atoms with Gasteiger partial charge in [-0.05, 0) is 31.0 Å². The first-order valence-corrected chi connectivity index (χ1v) is 5.91. The van der Waals surface area contributed by atoms with Crippen molar-refractivity contribution in [1.29, 1.82) is 0 Å². The summed E-state index contributed by atoms with van der Waals surface area (Å²) in [6.07, 6.45) is 3.60. The molecule has 0 spiro atoms. The predicted molar refractivity (Wildman–Crippen MR) is 64.4 cm³/mol. The molecule has 0 aliphatic carbocycles. The molecule has 0 bridgehead atoms. The van der Waals surface area contributed by atoms with Crippen molar-refractivity contribution in [3.8, 4) is 0 Å². The van der Waals surface area contributed by atoms with Gasteiger partial charge in [-0.25, -0.2) is 0 Å². The summed E-state index contributed by atoms with van der Waals surface area (Å²) in [5.74, 6) is -1.92. The molecule has 1 aromatic heterocycles. The van der Waals surface area contributed by atoms with Crippen LogP contribution in [0.4, 0.5) is 0 Å². The van der Waals surface area contributed by atoms with E-state index in [2.05, 4.69) is 4.98 Å². The fourth-order valence-corrected chi connectivity index (χ4v) is 1.41. The van der Waals surface area contributed by atoms with Gasteiger partial charge < -0.3 is 9.47 Å². The minimum Gasteiger partial charge on any atom is -0.465 e. The molecule has 18 heavy (non-hydrogen) atoms. The minimum absolute atomic E-state index is 0.136. The third-order valence-electron chi connectivity index (χ3n) is 2.39. The standard InChI is InChI=1S/C13H17NO4/c1-3-11(12(15)17-4-2)13(16)18-9-10-5-7-14-8-6-10/h5-8,11H,3-4,9H2,1-2H3. The van der Waals surface area contributed by atoms with Crippen LogP contribution in [0.1, 0.15) is 25.8 Å². The Balaban J connectivity index is 2.50. The second kappa shape index (κ2) is 7.42. The van der Waals surface area contributed by atoms with Crippen molar-refractivity contribution in [1.82, 2.24) is 4.98 Å². The molecule has 5 heteroatoms. The highest BCUT2D eigenvalue weighted by atomic mass is 16.6. The Morgan fingerprint density at radius 3 is 2.33 bits per heavy atom. The number of carbonyl (C=O) groups excluding carboxylic acids is 2. The van der Waals surface area contributed by atoms with Crippen molar-refractivity contribution in [2.24, 2.45) is 5.92 Å². The number of carbonyl (C=O) groups is 2. The highest BCUT2D eigenvalue weighted by Gasteiger charge is 2.27. The molecule has 98 valence electrons. The fraction of sp³-hybridized carbons (Fsp3) is 0.462. The van der Waals surface area contributed by atoms with Crippen molar-refractivity contribution in [2.75, 3.05) is 6.61 Å². The van der Waals surface area contributed by atoms with Crippen molar-refractivity contribution < 1.29 is 19.1 Å². The Labute approximate surface area is 106 Å². The van der Waals surface area contributed by atoms with Gasteiger partial charge in [-0.3, -0.25) is 14.6 Å². The Hall–Kier alpha value is -1.91. The lowest BCUT2D eigenvalue weighted by Gasteiger charge is -2.12. The molecule has 0 aliphatic rings. The van der Waals surface area contributed by atoms with Gasteiger partial charge in [0.2, 0.25) is 0 Å². The van der Waals surface area contributed by atoms with E-state index in [1.807, 2.05) is 0 Å². The molecule has 1 rings (SSSR count). The molecule has 5 nitrogen and oxygen atoms in total. The maximum atomic E-state index is 11.7. The predicted octanol–water partition coefficient (Wildman–Crippen LogP) is 1.71. The Kier molecular flexibility index (Phi) is 5.84. The van der Waals surface area contributed by atoms with Crippen LogP contribution in [0.2, 0.25) is 0 Å². The smallest absolute Gasteiger partial charge is 0.320 e. The molecule has 1 unspecified atom stereocenters. The van der Waals surface area contributed by atoms with Gasteiger partial charge in [-0.15, -0.1) is 0 Å². The molecular weight excluding hydrogens is 234 g/mol. The molecule has 0 saturated heterocycles. The summed E-state index contributed by atoms with van der Waals surface area (Å²) in [5, 5.41) is 0. The first kappa shape index (κ1) is 14.2. The quantitative estimate of drug-likeness (QED) is 0.569. The number of hydrogen-bond acceptors (Lipinski definition) is 5. The van der Waals surface area contributed by atoms with Crippen molar-refractivity contribution in [3.63, 3.8) is 0 Å². The van der Waals surface area contributed by atoms with Gasteiger partial charge in [0, 0.05) is 12.4 Å². The number of hydrogen-bond donors (Lipinski definition) is 0. The monoisotopic (exact) mass is 251 g/mol. The summed E-state index contributed by atoms with van der Waals surface area (Å²) < 4.78 is 9.90. The zero-order chi connectivity index (χ0) is 13.4. The van der Waals surface area contributed by atoms with Crippen LogP contribution in [0.5, 0.6) is 0 Å². The van der Waals surface area contributed by atoms with Crippen LogP contribution in [-0.2, 0) is 25.7 Å². The fourth-order valence-electron chi connectivity index (χ4n) is 1.41. The first-order valence-electron chi connectivity index (χ1n) is 5.91. The number of ether oxygens (including phenoxy) is 2. The summed E-state index contributed by atoms with van der Waals surface area (Å²) in [6, 6.07) is 3.50. The van der Waals surface area contributed by atoms with E-state index < -0.39 is 17.9 Å². The number of pyridine rings is 1. The van der Waals surface area contributed by atoms with E-state index in [-0.39, 0.29) is 13.2 Å². The second-order valence-corrected chi connectivity index (χ2v) is 3.68. The van der Waals surface area contributed by atoms with Gasteiger partial charge in [0.15, 0.2) is 5.92 Å². The highest BCUT2D eigenvalue weighted by Crippen LogP contribution is 2.10. The minimum atomic E-state index is -0.841. The van der Waals surface area contributed by atoms with E-state index in [0.29, 0.717) is 6.42 Å². The molecule has 0 aliphatic heterocycles. The van der Waals surface area contributed by atoms with Crippen molar-refractivity contribution >= 4 is 11.9 Å². The molecule has 0 N–H and O–H groups in total. The zero-order valence-electron chi connectivity index (χ0n) is 10.6. The lowest BCUT2D eigenvalue weighted by atomic mass is 10.1. The molecule has 0 amide bonds. The van der Waals surface area contributed by atoms with Gasteiger partial charge in [0.25, 0.3) is 0 Å². The maximum Gasteiger partial charge on any atom is 0.320 e. The lowest BCUT2D eigenvalue weighted by Crippen LogP contribution is -2.27. The maximum absolute atomic E-state index is 11.7. The summed E-state index contributed by atoms with van der Waals surface area (Å²) in [4.78, 5) is 27.1. The topological polar surface area (TPSA) is 65.5 Å². The largest absolute Gasteiger partial charge is 0.465 e. The lowest BCUT2D eigenvalue weighted by molar-refractivity contribution is -0.162. The summed E-state index contributed by atoms with van der Waals surface area (Å²) in [7, 11) is 0. The van der Waals surface area contributed by atoms with Crippen LogP contribution >= 0.6 is 0 Å². The van der Waals surface area contributed by atoms with E-state index in [1.54, 1.807) is 38.4 Å². The molecule has 0 saturated carbocycles.